The molecule has 1 atom stereocenters. The van der Waals surface area contributed by atoms with Crippen LogP contribution in [-0.4, -0.2) is 11.5 Å². The number of nitrogens with zero attached hydrogens (tertiary/aromatic N) is 1. The molecule has 0 aliphatic carbocycles. The lowest BCUT2D eigenvalue weighted by Crippen LogP contribution is -2.32. The Balaban J connectivity index is 1.53. The number of hydrogen-bond donors (Lipinski definition) is 2. The average molecular weight is 276 g/mol. The zero-order valence-electron chi connectivity index (χ0n) is 11.8. The molecule has 3 nitrogen and oxygen atoms in total. The van der Waals surface area contributed by atoms with Gasteiger partial charge in [-0.25, -0.2) is 0 Å². The van der Waals surface area contributed by atoms with Gasteiger partial charge in [0.1, 0.15) is 5.82 Å². The summed E-state index contributed by atoms with van der Waals surface area (Å²) >= 11 is 0. The minimum atomic E-state index is 0.199. The smallest absolute Gasteiger partial charge is 0.108 e. The molecule has 3 rings (SSSR count). The third-order valence-corrected chi connectivity index (χ3v) is 3.38. The molecule has 1 aliphatic rings. The van der Waals surface area contributed by atoms with E-state index in [1.165, 1.54) is 5.56 Å². The van der Waals surface area contributed by atoms with E-state index >= 15 is 0 Å². The van der Waals surface area contributed by atoms with Crippen LogP contribution in [-0.2, 0) is 6.42 Å². The van der Waals surface area contributed by atoms with E-state index in [4.69, 9.17) is 0 Å². The minimum absolute atomic E-state index is 0.199. The van der Waals surface area contributed by atoms with Crippen molar-refractivity contribution in [2.24, 2.45) is 0 Å². The summed E-state index contributed by atoms with van der Waals surface area (Å²) < 4.78 is 0. The first-order valence-corrected chi connectivity index (χ1v) is 7.17. The van der Waals surface area contributed by atoms with E-state index in [1.54, 1.807) is 0 Å². The number of hydrogen-bond acceptors (Lipinski definition) is 3. The van der Waals surface area contributed by atoms with Gasteiger partial charge in [0.2, 0.25) is 0 Å². The van der Waals surface area contributed by atoms with E-state index in [2.05, 4.69) is 52.0 Å². The van der Waals surface area contributed by atoms with E-state index in [0.717, 1.165) is 24.5 Å². The van der Waals surface area contributed by atoms with Gasteiger partial charge < -0.3 is 10.6 Å². The normalized spacial score (nSPS) is 17.0. The van der Waals surface area contributed by atoms with Crippen molar-refractivity contribution in [3.8, 4) is 0 Å². The Labute approximate surface area is 125 Å². The summed E-state index contributed by atoms with van der Waals surface area (Å²) in [6.07, 6.45) is 10.0. The molecule has 3 heteroatoms. The molecule has 2 N–H and O–H groups in total. The Morgan fingerprint density at radius 2 is 1.95 bits per heavy atom. The number of dihydropyridines is 1. The Bertz CT molecular complexity index is 617. The Hall–Kier alpha value is -2.55. The van der Waals surface area contributed by atoms with Crippen LogP contribution in [0.2, 0.25) is 0 Å². The molecule has 0 saturated heterocycles. The molecule has 0 saturated carbocycles. The molecule has 2 aromatic rings. The first kappa shape index (κ1) is 13.4. The molecule has 1 aromatic carbocycles. The van der Waals surface area contributed by atoms with Crippen molar-refractivity contribution in [2.45, 2.75) is 12.5 Å². The van der Waals surface area contributed by atoms with Crippen molar-refractivity contribution in [1.29, 1.82) is 0 Å². The quantitative estimate of drug-likeness (QED) is 0.881. The Morgan fingerprint density at radius 1 is 1.10 bits per heavy atom. The molecule has 1 aliphatic heterocycles. The van der Waals surface area contributed by atoms with Crippen LogP contribution in [0.3, 0.4) is 0 Å². The van der Waals surface area contributed by atoms with E-state index in [9.17, 15) is 0 Å². The third kappa shape index (κ3) is 3.72. The summed E-state index contributed by atoms with van der Waals surface area (Å²) in [5.41, 5.74) is 2.34. The van der Waals surface area contributed by atoms with Crippen molar-refractivity contribution >= 4 is 0 Å². The van der Waals surface area contributed by atoms with Crippen molar-refractivity contribution < 1.29 is 0 Å². The number of benzene rings is 1. The molecule has 21 heavy (non-hydrogen) atoms. The lowest BCUT2D eigenvalue weighted by atomic mass is 10.1. The van der Waals surface area contributed by atoms with Gasteiger partial charge in [0, 0.05) is 30.9 Å². The van der Waals surface area contributed by atoms with Crippen LogP contribution >= 0.6 is 0 Å². The summed E-state index contributed by atoms with van der Waals surface area (Å²) in [5.74, 6) is 0.933. The van der Waals surface area contributed by atoms with Gasteiger partial charge in [-0.05, 0) is 17.7 Å². The zero-order chi connectivity index (χ0) is 14.3. The standard InChI is InChI=1S/C18H18N3/c1-2-7-15(8-3-1)17-10-6-11-18(21-17)20-14-12-16-9-4-5-13-19-16/h1-10,13,17,20-21H,12,14H2. The highest BCUT2D eigenvalue weighted by molar-refractivity contribution is 5.27. The summed E-state index contributed by atoms with van der Waals surface area (Å²) in [7, 11) is 0. The molecule has 2 heterocycles. The second kappa shape index (κ2) is 6.75. The number of pyridine rings is 1. The molecular formula is C18H18N3. The van der Waals surface area contributed by atoms with Gasteiger partial charge in [0.05, 0.1) is 6.04 Å². The van der Waals surface area contributed by atoms with E-state index in [1.807, 2.05) is 36.5 Å². The van der Waals surface area contributed by atoms with Crippen molar-refractivity contribution in [3.63, 3.8) is 0 Å². The number of allylic oxidation sites excluding steroid dienone is 2. The highest BCUT2D eigenvalue weighted by Gasteiger charge is 2.11. The minimum Gasteiger partial charge on any atom is -0.371 e. The molecule has 1 radical (unpaired) electrons. The lowest BCUT2D eigenvalue weighted by Gasteiger charge is -2.22. The molecule has 0 amide bonds. The fourth-order valence-corrected chi connectivity index (χ4v) is 2.29. The van der Waals surface area contributed by atoms with Crippen LogP contribution in [0.5, 0.6) is 0 Å². The number of nitrogens with one attached hydrogen (secondary N) is 2. The van der Waals surface area contributed by atoms with Crippen LogP contribution < -0.4 is 10.6 Å². The molecule has 0 bridgehead atoms. The average Bonchev–Trinajstić information content (AvgIpc) is 2.57. The molecule has 0 fully saturated rings. The monoisotopic (exact) mass is 276 g/mol. The van der Waals surface area contributed by atoms with Crippen LogP contribution in [0.15, 0.2) is 72.7 Å². The fourth-order valence-electron chi connectivity index (χ4n) is 2.29. The second-order valence-corrected chi connectivity index (χ2v) is 4.91. The van der Waals surface area contributed by atoms with E-state index in [-0.39, 0.29) is 6.04 Å². The van der Waals surface area contributed by atoms with Gasteiger partial charge in [-0.3, -0.25) is 4.98 Å². The van der Waals surface area contributed by atoms with Gasteiger partial charge in [-0.2, -0.15) is 0 Å². The van der Waals surface area contributed by atoms with Gasteiger partial charge in [0.15, 0.2) is 0 Å². The van der Waals surface area contributed by atoms with Crippen LogP contribution in [0.1, 0.15) is 17.3 Å². The first-order chi connectivity index (χ1) is 10.4. The predicted molar refractivity (Wildman–Crippen MR) is 84.2 cm³/mol. The van der Waals surface area contributed by atoms with Crippen LogP contribution in [0, 0.1) is 6.08 Å². The van der Waals surface area contributed by atoms with E-state index in [0.29, 0.717) is 0 Å². The maximum Gasteiger partial charge on any atom is 0.108 e. The summed E-state index contributed by atoms with van der Waals surface area (Å²) in [6, 6.07) is 16.6. The number of aromatic nitrogens is 1. The van der Waals surface area contributed by atoms with E-state index < -0.39 is 0 Å². The highest BCUT2D eigenvalue weighted by Crippen LogP contribution is 2.17. The van der Waals surface area contributed by atoms with Crippen LogP contribution in [0.4, 0.5) is 0 Å². The molecule has 1 aromatic heterocycles. The third-order valence-electron chi connectivity index (χ3n) is 3.38. The highest BCUT2D eigenvalue weighted by atomic mass is 15.1. The topological polar surface area (TPSA) is 37.0 Å². The molecular weight excluding hydrogens is 258 g/mol. The summed E-state index contributed by atoms with van der Waals surface area (Å²) in [4.78, 5) is 4.32. The summed E-state index contributed by atoms with van der Waals surface area (Å²) in [6.45, 7) is 0.835. The van der Waals surface area contributed by atoms with Crippen molar-refractivity contribution in [2.75, 3.05) is 6.54 Å². The Morgan fingerprint density at radius 3 is 2.76 bits per heavy atom. The zero-order valence-corrected chi connectivity index (χ0v) is 11.8. The van der Waals surface area contributed by atoms with Gasteiger partial charge >= 0.3 is 0 Å². The SMILES string of the molecule is [C]1=C(NCCc2ccccn2)NC(c2ccccc2)C=C1. The lowest BCUT2D eigenvalue weighted by molar-refractivity contribution is 0.618. The Kier molecular flexibility index (Phi) is 4.32. The first-order valence-electron chi connectivity index (χ1n) is 7.17. The maximum atomic E-state index is 4.32. The summed E-state index contributed by atoms with van der Waals surface area (Å²) in [5, 5.41) is 6.82. The largest absolute Gasteiger partial charge is 0.371 e. The fraction of sp³-hybridized carbons (Fsp3) is 0.167. The van der Waals surface area contributed by atoms with Gasteiger partial charge in [-0.1, -0.05) is 48.6 Å². The molecule has 105 valence electrons. The van der Waals surface area contributed by atoms with Crippen molar-refractivity contribution in [3.05, 3.63) is 90.0 Å². The van der Waals surface area contributed by atoms with Gasteiger partial charge in [0.25, 0.3) is 0 Å². The molecule has 1 unspecified atom stereocenters. The van der Waals surface area contributed by atoms with Crippen LogP contribution in [0.25, 0.3) is 0 Å². The molecule has 0 spiro atoms. The second-order valence-electron chi connectivity index (χ2n) is 4.91. The number of rotatable bonds is 5. The van der Waals surface area contributed by atoms with Crippen molar-refractivity contribution in [1.82, 2.24) is 15.6 Å². The van der Waals surface area contributed by atoms with Gasteiger partial charge in [-0.15, -0.1) is 0 Å². The predicted octanol–water partition coefficient (Wildman–Crippen LogP) is 2.76. The maximum absolute atomic E-state index is 4.32.